The molecule has 0 spiro atoms. The van der Waals surface area contributed by atoms with E-state index in [-0.39, 0.29) is 17.4 Å². The molecule has 0 saturated heterocycles. The molecule has 20 heavy (non-hydrogen) atoms. The number of halogens is 2. The third-order valence-electron chi connectivity index (χ3n) is 3.17. The van der Waals surface area contributed by atoms with Gasteiger partial charge in [-0.3, -0.25) is 4.79 Å². The Labute approximate surface area is 139 Å². The van der Waals surface area contributed by atoms with Gasteiger partial charge in [0.2, 0.25) is 0 Å². The molecule has 1 N–H and O–H groups in total. The number of carbonyl (C=O) groups excluding carboxylic acids is 1. The first kappa shape index (κ1) is 17.9. The summed E-state index contributed by atoms with van der Waals surface area (Å²) in [6, 6.07) is 5.64. The number of rotatable bonds is 5. The number of carbonyl (C=O) groups is 1. The summed E-state index contributed by atoms with van der Waals surface area (Å²) in [7, 11) is 0. The molecule has 0 aliphatic rings. The summed E-state index contributed by atoms with van der Waals surface area (Å²) < 4.78 is 0. The summed E-state index contributed by atoms with van der Waals surface area (Å²) in [6.07, 6.45) is 2.86. The van der Waals surface area contributed by atoms with Crippen molar-refractivity contribution < 1.29 is 4.79 Å². The fraction of sp³-hybridized carbons (Fsp3) is 0.533. The smallest absolute Gasteiger partial charge is 0.253 e. The Bertz CT molecular complexity index is 473. The number of hydrogen-bond donors (Lipinski definition) is 1. The first-order chi connectivity index (χ1) is 9.29. The van der Waals surface area contributed by atoms with Crippen LogP contribution in [0, 0.1) is 5.41 Å². The maximum absolute atomic E-state index is 12.4. The molecule has 5 heteroatoms. The lowest BCUT2D eigenvalue weighted by atomic mass is 9.85. The fourth-order valence-corrected chi connectivity index (χ4v) is 2.97. The first-order valence-electron chi connectivity index (χ1n) is 6.50. The maximum atomic E-state index is 12.4. The lowest BCUT2D eigenvalue weighted by molar-refractivity contribution is 0.0900. The lowest BCUT2D eigenvalue weighted by Crippen LogP contribution is -2.44. The second-order valence-corrected chi connectivity index (χ2v) is 7.80. The van der Waals surface area contributed by atoms with Crippen molar-refractivity contribution in [2.24, 2.45) is 5.41 Å². The zero-order valence-electron chi connectivity index (χ0n) is 12.3. The van der Waals surface area contributed by atoms with Gasteiger partial charge in [-0.05, 0) is 36.3 Å². The highest BCUT2D eigenvalue weighted by molar-refractivity contribution is 9.09. The van der Waals surface area contributed by atoms with Gasteiger partial charge in [-0.25, -0.2) is 0 Å². The van der Waals surface area contributed by atoms with E-state index in [0.717, 1.165) is 16.6 Å². The molecule has 1 aromatic carbocycles. The van der Waals surface area contributed by atoms with Gasteiger partial charge in [-0.15, -0.1) is 11.8 Å². The number of nitrogens with one attached hydrogen (secondary N) is 1. The van der Waals surface area contributed by atoms with Gasteiger partial charge < -0.3 is 5.32 Å². The van der Waals surface area contributed by atoms with Gasteiger partial charge in [0.05, 0.1) is 10.6 Å². The highest BCUT2D eigenvalue weighted by Crippen LogP contribution is 2.26. The van der Waals surface area contributed by atoms with Crippen LogP contribution in [0.5, 0.6) is 0 Å². The van der Waals surface area contributed by atoms with Crippen LogP contribution in [-0.4, -0.2) is 23.5 Å². The molecule has 1 amide bonds. The molecule has 0 radical (unpaired) electrons. The lowest BCUT2D eigenvalue weighted by Gasteiger charge is -2.31. The summed E-state index contributed by atoms with van der Waals surface area (Å²) in [5.41, 5.74) is 0.551. The van der Waals surface area contributed by atoms with Crippen LogP contribution in [0.25, 0.3) is 0 Å². The van der Waals surface area contributed by atoms with E-state index in [1.54, 1.807) is 17.8 Å². The van der Waals surface area contributed by atoms with Crippen molar-refractivity contribution in [3.8, 4) is 0 Å². The van der Waals surface area contributed by atoms with E-state index in [0.29, 0.717) is 10.6 Å². The van der Waals surface area contributed by atoms with Crippen LogP contribution in [0.3, 0.4) is 0 Å². The molecule has 0 heterocycles. The zero-order valence-corrected chi connectivity index (χ0v) is 15.5. The highest BCUT2D eigenvalue weighted by Gasteiger charge is 2.26. The van der Waals surface area contributed by atoms with Gasteiger partial charge in [-0.1, -0.05) is 48.3 Å². The van der Waals surface area contributed by atoms with Crippen molar-refractivity contribution in [2.75, 3.05) is 11.6 Å². The third-order valence-corrected chi connectivity index (χ3v) is 4.68. The Hall–Kier alpha value is -0.190. The van der Waals surface area contributed by atoms with Crippen molar-refractivity contribution in [2.45, 2.75) is 38.1 Å². The molecule has 0 saturated carbocycles. The van der Waals surface area contributed by atoms with E-state index in [1.807, 2.05) is 18.4 Å². The number of hydrogen-bond acceptors (Lipinski definition) is 2. The van der Waals surface area contributed by atoms with Crippen molar-refractivity contribution in [1.29, 1.82) is 0 Å². The summed E-state index contributed by atoms with van der Waals surface area (Å²) in [5.74, 6) is -0.105. The summed E-state index contributed by atoms with van der Waals surface area (Å²) >= 11 is 11.2. The Morgan fingerprint density at radius 2 is 2.10 bits per heavy atom. The van der Waals surface area contributed by atoms with E-state index in [1.165, 1.54) is 0 Å². The largest absolute Gasteiger partial charge is 0.349 e. The number of alkyl halides is 1. The Kier molecular flexibility index (Phi) is 6.89. The molecule has 1 atom stereocenters. The molecule has 1 aromatic rings. The molecule has 2 nitrogen and oxygen atoms in total. The van der Waals surface area contributed by atoms with Gasteiger partial charge in [0.1, 0.15) is 0 Å². The Morgan fingerprint density at radius 3 is 2.60 bits per heavy atom. The molecular formula is C15H21BrClNOS. The minimum atomic E-state index is -0.105. The van der Waals surface area contributed by atoms with E-state index in [4.69, 9.17) is 11.6 Å². The molecule has 0 aromatic heterocycles. The molecule has 0 aliphatic heterocycles. The minimum absolute atomic E-state index is 0.00697. The normalized spacial score (nSPS) is 13.1. The van der Waals surface area contributed by atoms with E-state index in [2.05, 4.69) is 42.0 Å². The summed E-state index contributed by atoms with van der Waals surface area (Å²) in [4.78, 5) is 13.5. The second kappa shape index (κ2) is 7.71. The van der Waals surface area contributed by atoms with Crippen LogP contribution in [0.4, 0.5) is 0 Å². The number of benzene rings is 1. The quantitative estimate of drug-likeness (QED) is 0.577. The van der Waals surface area contributed by atoms with Gasteiger partial charge in [0.15, 0.2) is 0 Å². The van der Waals surface area contributed by atoms with Crippen LogP contribution in [0.1, 0.15) is 37.6 Å². The van der Waals surface area contributed by atoms with E-state index < -0.39 is 0 Å². The van der Waals surface area contributed by atoms with Crippen LogP contribution in [0.15, 0.2) is 23.1 Å². The van der Waals surface area contributed by atoms with Gasteiger partial charge in [-0.2, -0.15) is 0 Å². The van der Waals surface area contributed by atoms with Gasteiger partial charge in [0.25, 0.3) is 5.91 Å². The molecular weight excluding hydrogens is 358 g/mol. The summed E-state index contributed by atoms with van der Waals surface area (Å²) in [6.45, 7) is 6.38. The standard InChI is InChI=1S/C15H21BrClNOS/c1-15(2,3)13(7-8-16)18-14(19)11-9-10(20-4)5-6-12(11)17/h5-6,9,13H,7-8H2,1-4H3,(H,18,19). The molecule has 1 unspecified atom stereocenters. The van der Waals surface area contributed by atoms with Crippen molar-refractivity contribution in [1.82, 2.24) is 5.32 Å². The average Bonchev–Trinajstić information content (AvgIpc) is 2.37. The molecule has 1 rings (SSSR count). The average molecular weight is 379 g/mol. The highest BCUT2D eigenvalue weighted by atomic mass is 79.9. The van der Waals surface area contributed by atoms with Gasteiger partial charge >= 0.3 is 0 Å². The van der Waals surface area contributed by atoms with E-state index >= 15 is 0 Å². The zero-order chi connectivity index (χ0) is 15.3. The first-order valence-corrected chi connectivity index (χ1v) is 9.22. The third kappa shape index (κ3) is 4.97. The van der Waals surface area contributed by atoms with Crippen molar-refractivity contribution in [3.63, 3.8) is 0 Å². The molecule has 0 aliphatic carbocycles. The van der Waals surface area contributed by atoms with Gasteiger partial charge in [0, 0.05) is 16.3 Å². The number of amides is 1. The van der Waals surface area contributed by atoms with Crippen molar-refractivity contribution in [3.05, 3.63) is 28.8 Å². The molecule has 0 fully saturated rings. The molecule has 112 valence electrons. The van der Waals surface area contributed by atoms with Crippen LogP contribution in [0.2, 0.25) is 5.02 Å². The monoisotopic (exact) mass is 377 g/mol. The van der Waals surface area contributed by atoms with Crippen LogP contribution < -0.4 is 5.32 Å². The fourth-order valence-electron chi connectivity index (χ4n) is 1.87. The Balaban J connectivity index is 2.94. The molecule has 0 bridgehead atoms. The summed E-state index contributed by atoms with van der Waals surface area (Å²) in [5, 5.41) is 4.45. The van der Waals surface area contributed by atoms with E-state index in [9.17, 15) is 4.79 Å². The minimum Gasteiger partial charge on any atom is -0.349 e. The topological polar surface area (TPSA) is 29.1 Å². The number of thioether (sulfide) groups is 1. The maximum Gasteiger partial charge on any atom is 0.253 e. The predicted octanol–water partition coefficient (Wildman–Crippen LogP) is 4.99. The second-order valence-electron chi connectivity index (χ2n) is 5.72. The van der Waals surface area contributed by atoms with Crippen molar-refractivity contribution >= 4 is 45.2 Å². The Morgan fingerprint density at radius 1 is 1.45 bits per heavy atom. The van der Waals surface area contributed by atoms with Crippen LogP contribution in [-0.2, 0) is 0 Å². The predicted molar refractivity (Wildman–Crippen MR) is 92.4 cm³/mol. The SMILES string of the molecule is CSc1ccc(Cl)c(C(=O)NC(CCBr)C(C)(C)C)c1. The van der Waals surface area contributed by atoms with Crippen LogP contribution >= 0.6 is 39.3 Å².